The molecule has 1 amide bonds. The highest BCUT2D eigenvalue weighted by Gasteiger charge is 2.29. The van der Waals surface area contributed by atoms with Gasteiger partial charge in [0.05, 0.1) is 5.92 Å². The third-order valence-corrected chi connectivity index (χ3v) is 6.29. The maximum Gasteiger partial charge on any atom is 0.221 e. The lowest BCUT2D eigenvalue weighted by molar-refractivity contribution is -0.123. The highest BCUT2D eigenvalue weighted by molar-refractivity contribution is 5.80. The van der Waals surface area contributed by atoms with E-state index in [1.54, 1.807) is 0 Å². The van der Waals surface area contributed by atoms with Gasteiger partial charge in [0.25, 0.3) is 0 Å². The minimum Gasteiger partial charge on any atom is -0.369 e. The zero-order valence-electron chi connectivity index (χ0n) is 17.0. The number of piperidine rings is 1. The molecule has 2 saturated heterocycles. The van der Waals surface area contributed by atoms with Crippen LogP contribution < -0.4 is 11.1 Å². The van der Waals surface area contributed by atoms with Crippen LogP contribution in [0.15, 0.2) is 4.99 Å². The number of likely N-dealkylation sites (tertiary alicyclic amines) is 2. The van der Waals surface area contributed by atoms with Crippen molar-refractivity contribution in [2.75, 3.05) is 46.3 Å². The second-order valence-electron chi connectivity index (χ2n) is 7.94. The fraction of sp³-hybridized carbons (Fsp3) is 0.900. The second-order valence-corrected chi connectivity index (χ2v) is 7.94. The van der Waals surface area contributed by atoms with Crippen molar-refractivity contribution >= 4 is 11.9 Å². The molecule has 2 heterocycles. The Morgan fingerprint density at radius 2 is 2.00 bits per heavy atom. The van der Waals surface area contributed by atoms with E-state index in [1.165, 1.54) is 19.3 Å². The van der Waals surface area contributed by atoms with Crippen molar-refractivity contribution in [3.05, 3.63) is 0 Å². The predicted octanol–water partition coefficient (Wildman–Crippen LogP) is 1.91. The van der Waals surface area contributed by atoms with E-state index in [0.29, 0.717) is 0 Å². The number of hydrogen-bond donors (Lipinski definition) is 2. The summed E-state index contributed by atoms with van der Waals surface area (Å²) in [4.78, 5) is 20.7. The number of carbonyl (C=O) groups is 1. The minimum atomic E-state index is -0.144. The molecule has 0 aromatic carbocycles. The summed E-state index contributed by atoms with van der Waals surface area (Å²) in [5.74, 6) is 2.59. The Morgan fingerprint density at radius 3 is 2.65 bits per heavy atom. The van der Waals surface area contributed by atoms with Gasteiger partial charge in [-0.05, 0) is 50.6 Å². The lowest BCUT2D eigenvalue weighted by Gasteiger charge is -2.31. The van der Waals surface area contributed by atoms with Crippen LogP contribution in [0.5, 0.6) is 0 Å². The van der Waals surface area contributed by atoms with Crippen molar-refractivity contribution in [1.29, 1.82) is 0 Å². The number of amides is 1. The van der Waals surface area contributed by atoms with Crippen LogP contribution in [0.4, 0.5) is 0 Å². The third-order valence-electron chi connectivity index (χ3n) is 6.29. The molecule has 0 saturated carbocycles. The number of nitrogens with zero attached hydrogens (tertiary/aromatic N) is 3. The smallest absolute Gasteiger partial charge is 0.221 e. The van der Waals surface area contributed by atoms with E-state index in [0.717, 1.165) is 76.3 Å². The summed E-state index contributed by atoms with van der Waals surface area (Å²) in [6.45, 7) is 10.7. The maximum atomic E-state index is 11.4. The molecule has 2 atom stereocenters. The number of aliphatic imine (C=N–C) groups is 1. The van der Waals surface area contributed by atoms with Gasteiger partial charge in [0.2, 0.25) is 5.91 Å². The number of nitrogens with two attached hydrogens (primary N) is 1. The van der Waals surface area contributed by atoms with Gasteiger partial charge in [0.1, 0.15) is 0 Å². The van der Waals surface area contributed by atoms with Gasteiger partial charge in [-0.2, -0.15) is 0 Å². The lowest BCUT2D eigenvalue weighted by atomic mass is 9.87. The van der Waals surface area contributed by atoms with E-state index < -0.39 is 0 Å². The molecule has 26 heavy (non-hydrogen) atoms. The minimum absolute atomic E-state index is 0.0380. The van der Waals surface area contributed by atoms with Crippen molar-refractivity contribution in [1.82, 2.24) is 15.1 Å². The van der Waals surface area contributed by atoms with Gasteiger partial charge in [-0.1, -0.05) is 26.7 Å². The molecule has 0 aromatic heterocycles. The zero-order valence-corrected chi connectivity index (χ0v) is 17.0. The van der Waals surface area contributed by atoms with Crippen LogP contribution in [0.1, 0.15) is 52.4 Å². The van der Waals surface area contributed by atoms with E-state index in [1.807, 2.05) is 7.05 Å². The van der Waals surface area contributed by atoms with E-state index >= 15 is 0 Å². The Bertz CT molecular complexity index is 463. The zero-order chi connectivity index (χ0) is 18.9. The molecule has 0 aromatic rings. The molecule has 0 aliphatic carbocycles. The van der Waals surface area contributed by atoms with Gasteiger partial charge >= 0.3 is 0 Å². The van der Waals surface area contributed by atoms with Gasteiger partial charge in [-0.25, -0.2) is 0 Å². The number of hydrogen-bond acceptors (Lipinski definition) is 3. The molecule has 3 N–H and O–H groups in total. The van der Waals surface area contributed by atoms with Gasteiger partial charge < -0.3 is 20.9 Å². The molecule has 2 aliphatic rings. The Morgan fingerprint density at radius 1 is 1.23 bits per heavy atom. The highest BCUT2D eigenvalue weighted by Crippen LogP contribution is 2.28. The summed E-state index contributed by atoms with van der Waals surface area (Å²) in [7, 11) is 1.88. The first-order valence-corrected chi connectivity index (χ1v) is 10.6. The molecule has 2 rings (SSSR count). The first-order valence-electron chi connectivity index (χ1n) is 10.6. The van der Waals surface area contributed by atoms with E-state index in [-0.39, 0.29) is 11.8 Å². The standard InChI is InChI=1S/C20H39N5O/c1-4-16(5-2)17-9-13-25(15-17)20(22-3)23-10-7-12-24-11-6-8-18(14-24)19(21)26/h16-18H,4-15H2,1-3H3,(H2,21,26)(H,22,23). The Labute approximate surface area is 159 Å². The molecule has 0 bridgehead atoms. The number of nitrogens with one attached hydrogen (secondary N) is 1. The predicted molar refractivity (Wildman–Crippen MR) is 108 cm³/mol. The van der Waals surface area contributed by atoms with Crippen molar-refractivity contribution in [3.63, 3.8) is 0 Å². The van der Waals surface area contributed by atoms with Crippen LogP contribution in [0.25, 0.3) is 0 Å². The second kappa shape index (κ2) is 10.8. The quantitative estimate of drug-likeness (QED) is 0.391. The average Bonchev–Trinajstić information content (AvgIpc) is 3.12. The van der Waals surface area contributed by atoms with Crippen molar-refractivity contribution in [3.8, 4) is 0 Å². The summed E-state index contributed by atoms with van der Waals surface area (Å²) in [5, 5.41) is 3.54. The number of carbonyl (C=O) groups excluding carboxylic acids is 1. The Hall–Kier alpha value is -1.30. The molecule has 0 radical (unpaired) electrons. The van der Waals surface area contributed by atoms with E-state index in [2.05, 4.69) is 34.0 Å². The summed E-state index contributed by atoms with van der Waals surface area (Å²) in [6.07, 6.45) is 6.94. The van der Waals surface area contributed by atoms with Crippen molar-refractivity contribution in [2.24, 2.45) is 28.5 Å². The molecule has 2 aliphatic heterocycles. The summed E-state index contributed by atoms with van der Waals surface area (Å²) >= 11 is 0. The first-order chi connectivity index (χ1) is 12.6. The van der Waals surface area contributed by atoms with Crippen molar-refractivity contribution < 1.29 is 4.79 Å². The third kappa shape index (κ3) is 5.86. The molecule has 150 valence electrons. The average molecular weight is 366 g/mol. The number of primary amides is 1. The highest BCUT2D eigenvalue weighted by atomic mass is 16.1. The van der Waals surface area contributed by atoms with Crippen LogP contribution >= 0.6 is 0 Å². The van der Waals surface area contributed by atoms with Crippen LogP contribution in [0.2, 0.25) is 0 Å². The molecule has 0 spiro atoms. The summed E-state index contributed by atoms with van der Waals surface area (Å²) in [6, 6.07) is 0. The van der Waals surface area contributed by atoms with Crippen LogP contribution in [-0.2, 0) is 4.79 Å². The number of rotatable bonds is 8. The lowest BCUT2D eigenvalue weighted by Crippen LogP contribution is -2.43. The summed E-state index contributed by atoms with van der Waals surface area (Å²) < 4.78 is 0. The van der Waals surface area contributed by atoms with E-state index in [9.17, 15) is 4.79 Å². The molecule has 6 heteroatoms. The summed E-state index contributed by atoms with van der Waals surface area (Å²) in [5.41, 5.74) is 5.47. The molecule has 2 unspecified atom stereocenters. The van der Waals surface area contributed by atoms with Crippen LogP contribution in [0.3, 0.4) is 0 Å². The van der Waals surface area contributed by atoms with Gasteiger partial charge in [-0.15, -0.1) is 0 Å². The van der Waals surface area contributed by atoms with Gasteiger partial charge in [-0.3, -0.25) is 9.79 Å². The largest absolute Gasteiger partial charge is 0.369 e. The fourth-order valence-corrected chi connectivity index (χ4v) is 4.65. The molecular weight excluding hydrogens is 326 g/mol. The monoisotopic (exact) mass is 365 g/mol. The van der Waals surface area contributed by atoms with Gasteiger partial charge in [0.15, 0.2) is 5.96 Å². The SMILES string of the molecule is CCC(CC)C1CCN(C(=NC)NCCCN2CCCC(C(N)=O)C2)C1. The maximum absolute atomic E-state index is 11.4. The molecule has 2 fully saturated rings. The Balaban J connectivity index is 1.69. The van der Waals surface area contributed by atoms with E-state index in [4.69, 9.17) is 5.73 Å². The topological polar surface area (TPSA) is 74.0 Å². The van der Waals surface area contributed by atoms with Gasteiger partial charge in [0, 0.05) is 33.2 Å². The molecular formula is C20H39N5O. The Kier molecular flexibility index (Phi) is 8.69. The first kappa shape index (κ1) is 21.0. The number of guanidine groups is 1. The fourth-order valence-electron chi connectivity index (χ4n) is 4.65. The van der Waals surface area contributed by atoms with Crippen LogP contribution in [0, 0.1) is 17.8 Å². The van der Waals surface area contributed by atoms with Crippen molar-refractivity contribution in [2.45, 2.75) is 52.4 Å². The normalized spacial score (nSPS) is 25.1. The molecule has 6 nitrogen and oxygen atoms in total. The van der Waals surface area contributed by atoms with Crippen LogP contribution in [-0.4, -0.2) is 68.0 Å².